The fourth-order valence-electron chi connectivity index (χ4n) is 3.50. The molecule has 0 amide bonds. The third-order valence-electron chi connectivity index (χ3n) is 4.65. The molecule has 1 heterocycles. The standard InChI is InChI=1S/C15H27NO3/c1-2-13(11-6-4-3-5-7-11)16-10-12-8-9-14(19-12)15(17)18/h11-14,16H,2-10H2,1H3,(H,17,18). The Morgan fingerprint density at radius 1 is 1.26 bits per heavy atom. The number of aliphatic carboxylic acids is 1. The average Bonchev–Trinajstić information content (AvgIpc) is 2.90. The smallest absolute Gasteiger partial charge is 0.332 e. The number of carboxylic acid groups (broad SMARTS) is 1. The van der Waals surface area contributed by atoms with Gasteiger partial charge in [0.2, 0.25) is 0 Å². The minimum atomic E-state index is -0.818. The van der Waals surface area contributed by atoms with Crippen LogP contribution in [0.3, 0.4) is 0 Å². The number of carboxylic acids is 1. The summed E-state index contributed by atoms with van der Waals surface area (Å²) in [5.74, 6) is -0.0164. The van der Waals surface area contributed by atoms with E-state index >= 15 is 0 Å². The van der Waals surface area contributed by atoms with Crippen LogP contribution in [0.5, 0.6) is 0 Å². The van der Waals surface area contributed by atoms with Crippen LogP contribution in [0.15, 0.2) is 0 Å². The van der Waals surface area contributed by atoms with E-state index in [9.17, 15) is 4.79 Å². The number of carbonyl (C=O) groups is 1. The first-order chi connectivity index (χ1) is 9.20. The van der Waals surface area contributed by atoms with Gasteiger partial charge in [0.15, 0.2) is 6.10 Å². The Kier molecular flexibility index (Phi) is 5.64. The predicted octanol–water partition coefficient (Wildman–Crippen LogP) is 2.57. The minimum Gasteiger partial charge on any atom is -0.479 e. The molecule has 2 fully saturated rings. The quantitative estimate of drug-likeness (QED) is 0.778. The average molecular weight is 269 g/mol. The Bertz CT molecular complexity index is 289. The molecule has 0 aromatic heterocycles. The highest BCUT2D eigenvalue weighted by Crippen LogP contribution is 2.28. The Morgan fingerprint density at radius 3 is 2.58 bits per heavy atom. The molecule has 1 saturated heterocycles. The summed E-state index contributed by atoms with van der Waals surface area (Å²) in [6, 6.07) is 0.577. The van der Waals surface area contributed by atoms with Crippen molar-refractivity contribution in [2.24, 2.45) is 5.92 Å². The second-order valence-electron chi connectivity index (χ2n) is 5.98. The van der Waals surface area contributed by atoms with Crippen molar-refractivity contribution in [2.45, 2.75) is 76.5 Å². The largest absolute Gasteiger partial charge is 0.479 e. The SMILES string of the molecule is CCC(NCC1CCC(C(=O)O)O1)C1CCCCC1. The lowest BCUT2D eigenvalue weighted by molar-refractivity contribution is -0.149. The molecule has 2 aliphatic rings. The van der Waals surface area contributed by atoms with Gasteiger partial charge in [0.1, 0.15) is 0 Å². The lowest BCUT2D eigenvalue weighted by atomic mass is 9.83. The number of rotatable bonds is 6. The molecule has 2 rings (SSSR count). The van der Waals surface area contributed by atoms with Crippen molar-refractivity contribution in [3.8, 4) is 0 Å². The summed E-state index contributed by atoms with van der Waals surface area (Å²) < 4.78 is 5.54. The monoisotopic (exact) mass is 269 g/mol. The second-order valence-corrected chi connectivity index (χ2v) is 5.98. The van der Waals surface area contributed by atoms with E-state index in [2.05, 4.69) is 12.2 Å². The molecule has 4 nitrogen and oxygen atoms in total. The molecule has 1 aliphatic carbocycles. The van der Waals surface area contributed by atoms with Crippen molar-refractivity contribution in [3.05, 3.63) is 0 Å². The van der Waals surface area contributed by atoms with E-state index in [1.165, 1.54) is 32.1 Å². The van der Waals surface area contributed by atoms with Crippen LogP contribution in [0.4, 0.5) is 0 Å². The zero-order valence-electron chi connectivity index (χ0n) is 11.9. The molecular weight excluding hydrogens is 242 g/mol. The summed E-state index contributed by atoms with van der Waals surface area (Å²) in [5.41, 5.74) is 0. The van der Waals surface area contributed by atoms with Crippen LogP contribution in [-0.2, 0) is 9.53 Å². The molecule has 0 aromatic rings. The first kappa shape index (κ1) is 14.8. The minimum absolute atomic E-state index is 0.0822. The number of hydrogen-bond acceptors (Lipinski definition) is 3. The molecule has 0 radical (unpaired) electrons. The van der Waals surface area contributed by atoms with Crippen molar-refractivity contribution in [3.63, 3.8) is 0 Å². The van der Waals surface area contributed by atoms with E-state index in [1.54, 1.807) is 0 Å². The Labute approximate surface area is 115 Å². The summed E-state index contributed by atoms with van der Waals surface area (Å²) in [4.78, 5) is 10.8. The van der Waals surface area contributed by atoms with Crippen LogP contribution in [0.1, 0.15) is 58.3 Å². The zero-order chi connectivity index (χ0) is 13.7. The van der Waals surface area contributed by atoms with Gasteiger partial charge in [-0.3, -0.25) is 0 Å². The highest BCUT2D eigenvalue weighted by Gasteiger charge is 2.31. The summed E-state index contributed by atoms with van der Waals surface area (Å²) in [6.07, 6.45) is 8.98. The van der Waals surface area contributed by atoms with Crippen LogP contribution in [-0.4, -0.2) is 35.9 Å². The number of ether oxygens (including phenoxy) is 1. The van der Waals surface area contributed by atoms with E-state index in [1.807, 2.05) is 0 Å². The van der Waals surface area contributed by atoms with Crippen molar-refractivity contribution < 1.29 is 14.6 Å². The first-order valence-corrected chi connectivity index (χ1v) is 7.82. The summed E-state index contributed by atoms with van der Waals surface area (Å²) in [7, 11) is 0. The molecule has 0 spiro atoms. The highest BCUT2D eigenvalue weighted by atomic mass is 16.5. The molecular formula is C15H27NO3. The fraction of sp³-hybridized carbons (Fsp3) is 0.933. The van der Waals surface area contributed by atoms with Crippen molar-refractivity contribution in [1.29, 1.82) is 0 Å². The van der Waals surface area contributed by atoms with Gasteiger partial charge >= 0.3 is 5.97 Å². The lowest BCUT2D eigenvalue weighted by Gasteiger charge is -2.31. The maximum Gasteiger partial charge on any atom is 0.332 e. The summed E-state index contributed by atoms with van der Waals surface area (Å²) in [5, 5.41) is 12.5. The van der Waals surface area contributed by atoms with Crippen LogP contribution >= 0.6 is 0 Å². The number of nitrogens with one attached hydrogen (secondary N) is 1. The molecule has 4 heteroatoms. The third kappa shape index (κ3) is 4.18. The zero-order valence-corrected chi connectivity index (χ0v) is 11.9. The molecule has 0 aromatic carbocycles. The van der Waals surface area contributed by atoms with Gasteiger partial charge in [-0.15, -0.1) is 0 Å². The maximum atomic E-state index is 10.8. The summed E-state index contributed by atoms with van der Waals surface area (Å²) >= 11 is 0. The molecule has 0 bridgehead atoms. The normalized spacial score (nSPS) is 30.4. The topological polar surface area (TPSA) is 58.6 Å². The van der Waals surface area contributed by atoms with E-state index in [4.69, 9.17) is 9.84 Å². The Balaban J connectivity index is 1.72. The Morgan fingerprint density at radius 2 is 2.00 bits per heavy atom. The van der Waals surface area contributed by atoms with Crippen molar-refractivity contribution >= 4 is 5.97 Å². The van der Waals surface area contributed by atoms with E-state index in [-0.39, 0.29) is 6.10 Å². The molecule has 1 aliphatic heterocycles. The van der Waals surface area contributed by atoms with E-state index < -0.39 is 12.1 Å². The molecule has 19 heavy (non-hydrogen) atoms. The van der Waals surface area contributed by atoms with E-state index in [0.29, 0.717) is 12.5 Å². The van der Waals surface area contributed by atoms with Crippen LogP contribution in [0.25, 0.3) is 0 Å². The molecule has 3 atom stereocenters. The molecule has 3 unspecified atom stereocenters. The van der Waals surface area contributed by atoms with E-state index in [0.717, 1.165) is 25.3 Å². The predicted molar refractivity (Wildman–Crippen MR) is 74.2 cm³/mol. The van der Waals surface area contributed by atoms with Crippen LogP contribution < -0.4 is 5.32 Å². The van der Waals surface area contributed by atoms with Gasteiger partial charge in [-0.25, -0.2) is 4.79 Å². The van der Waals surface area contributed by atoms with Gasteiger partial charge in [-0.2, -0.15) is 0 Å². The fourth-order valence-corrected chi connectivity index (χ4v) is 3.50. The maximum absolute atomic E-state index is 10.8. The third-order valence-corrected chi connectivity index (χ3v) is 4.65. The number of hydrogen-bond donors (Lipinski definition) is 2. The van der Waals surface area contributed by atoms with Crippen molar-refractivity contribution in [2.75, 3.05) is 6.54 Å². The Hall–Kier alpha value is -0.610. The molecule has 110 valence electrons. The van der Waals surface area contributed by atoms with Gasteiger partial charge in [0, 0.05) is 12.6 Å². The molecule has 1 saturated carbocycles. The lowest BCUT2D eigenvalue weighted by Crippen LogP contribution is -2.41. The van der Waals surface area contributed by atoms with Gasteiger partial charge < -0.3 is 15.2 Å². The highest BCUT2D eigenvalue weighted by molar-refractivity contribution is 5.72. The summed E-state index contributed by atoms with van der Waals surface area (Å²) in [6.45, 7) is 3.04. The van der Waals surface area contributed by atoms with Crippen LogP contribution in [0.2, 0.25) is 0 Å². The second kappa shape index (κ2) is 7.25. The van der Waals surface area contributed by atoms with Crippen molar-refractivity contribution in [1.82, 2.24) is 5.32 Å². The van der Waals surface area contributed by atoms with Gasteiger partial charge in [0.05, 0.1) is 6.10 Å². The van der Waals surface area contributed by atoms with Gasteiger partial charge in [-0.1, -0.05) is 26.2 Å². The first-order valence-electron chi connectivity index (χ1n) is 7.82. The van der Waals surface area contributed by atoms with Gasteiger partial charge in [-0.05, 0) is 38.0 Å². The van der Waals surface area contributed by atoms with Gasteiger partial charge in [0.25, 0.3) is 0 Å². The van der Waals surface area contributed by atoms with Crippen LogP contribution in [0, 0.1) is 5.92 Å². The molecule has 2 N–H and O–H groups in total.